The van der Waals surface area contributed by atoms with Crippen molar-refractivity contribution >= 4 is 11.6 Å². The number of hydrogen-bond donors (Lipinski definition) is 1. The lowest BCUT2D eigenvalue weighted by molar-refractivity contribution is -0.137. The van der Waals surface area contributed by atoms with Gasteiger partial charge >= 0.3 is 6.18 Å². The second-order valence-electron chi connectivity index (χ2n) is 4.89. The highest BCUT2D eigenvalue weighted by Gasteiger charge is 2.30. The number of halogens is 3. The molecule has 0 unspecified atom stereocenters. The van der Waals surface area contributed by atoms with Crippen molar-refractivity contribution in [2.75, 3.05) is 31.6 Å². The van der Waals surface area contributed by atoms with Gasteiger partial charge in [0.2, 0.25) is 5.91 Å². The largest absolute Gasteiger partial charge is 0.416 e. The van der Waals surface area contributed by atoms with E-state index >= 15 is 0 Å². The zero-order chi connectivity index (χ0) is 15.5. The predicted octanol–water partition coefficient (Wildman–Crippen LogP) is 2.36. The molecule has 1 aromatic carbocycles. The maximum atomic E-state index is 12.6. The van der Waals surface area contributed by atoms with Crippen LogP contribution in [0.2, 0.25) is 0 Å². The molecule has 0 aliphatic carbocycles. The third-order valence-electron chi connectivity index (χ3n) is 3.43. The number of benzene rings is 1. The molecule has 0 spiro atoms. The van der Waals surface area contributed by atoms with E-state index in [1.165, 1.54) is 12.1 Å². The topological polar surface area (TPSA) is 41.6 Å². The molecular formula is C14H17F3N2O2. The molecule has 2 rings (SSSR count). The third kappa shape index (κ3) is 4.18. The molecule has 1 N–H and O–H groups in total. The molecule has 0 radical (unpaired) electrons. The average Bonchev–Trinajstić information content (AvgIpc) is 2.47. The highest BCUT2D eigenvalue weighted by atomic mass is 19.4. The molecule has 1 aromatic rings. The Bertz CT molecular complexity index is 499. The molecule has 1 fully saturated rings. The zero-order valence-electron chi connectivity index (χ0n) is 11.6. The average molecular weight is 302 g/mol. The fourth-order valence-electron chi connectivity index (χ4n) is 2.15. The Kier molecular flexibility index (Phi) is 4.84. The van der Waals surface area contributed by atoms with Gasteiger partial charge in [-0.25, -0.2) is 0 Å². The number of rotatable bonds is 3. The monoisotopic (exact) mass is 302 g/mol. The molecule has 1 aliphatic heterocycles. The number of amides is 1. The van der Waals surface area contributed by atoms with E-state index in [4.69, 9.17) is 4.74 Å². The molecule has 21 heavy (non-hydrogen) atoms. The first-order valence-corrected chi connectivity index (χ1v) is 6.68. The van der Waals surface area contributed by atoms with Gasteiger partial charge in [0.1, 0.15) is 0 Å². The molecule has 7 heteroatoms. The van der Waals surface area contributed by atoms with Crippen molar-refractivity contribution in [2.24, 2.45) is 0 Å². The molecule has 1 heterocycles. The zero-order valence-corrected chi connectivity index (χ0v) is 11.6. The highest BCUT2D eigenvalue weighted by molar-refractivity contribution is 5.94. The summed E-state index contributed by atoms with van der Waals surface area (Å²) < 4.78 is 43.1. The van der Waals surface area contributed by atoms with Crippen LogP contribution < -0.4 is 5.32 Å². The van der Waals surface area contributed by atoms with Crippen LogP contribution in [0, 0.1) is 0 Å². The first-order chi connectivity index (χ1) is 9.88. The van der Waals surface area contributed by atoms with E-state index < -0.39 is 17.8 Å². The van der Waals surface area contributed by atoms with E-state index in [2.05, 4.69) is 5.32 Å². The molecule has 116 valence electrons. The van der Waals surface area contributed by atoms with Gasteiger partial charge in [-0.05, 0) is 25.1 Å². The van der Waals surface area contributed by atoms with Crippen molar-refractivity contribution in [3.8, 4) is 0 Å². The number of carbonyl (C=O) groups is 1. The molecule has 0 aromatic heterocycles. The van der Waals surface area contributed by atoms with Crippen LogP contribution >= 0.6 is 0 Å². The number of alkyl halides is 3. The minimum absolute atomic E-state index is 0.148. The number of nitrogens with zero attached hydrogens (tertiary/aromatic N) is 1. The highest BCUT2D eigenvalue weighted by Crippen LogP contribution is 2.30. The maximum Gasteiger partial charge on any atom is 0.416 e. The third-order valence-corrected chi connectivity index (χ3v) is 3.43. The molecular weight excluding hydrogens is 285 g/mol. The van der Waals surface area contributed by atoms with Crippen molar-refractivity contribution < 1.29 is 22.7 Å². The summed E-state index contributed by atoms with van der Waals surface area (Å²) in [6.07, 6.45) is -4.42. The molecule has 4 nitrogen and oxygen atoms in total. The van der Waals surface area contributed by atoms with Gasteiger partial charge in [0.05, 0.1) is 24.8 Å². The molecule has 0 bridgehead atoms. The summed E-state index contributed by atoms with van der Waals surface area (Å²) in [5, 5.41) is 2.53. The van der Waals surface area contributed by atoms with Crippen LogP contribution in [-0.2, 0) is 15.7 Å². The van der Waals surface area contributed by atoms with Crippen LogP contribution in [0.25, 0.3) is 0 Å². The maximum absolute atomic E-state index is 12.6. The van der Waals surface area contributed by atoms with Crippen LogP contribution in [0.5, 0.6) is 0 Å². The number of morpholine rings is 1. The fraction of sp³-hybridized carbons (Fsp3) is 0.500. The van der Waals surface area contributed by atoms with Gasteiger partial charge in [0.15, 0.2) is 0 Å². The normalized spacial score (nSPS) is 18.3. The summed E-state index contributed by atoms with van der Waals surface area (Å²) in [6, 6.07) is 4.21. The lowest BCUT2D eigenvalue weighted by Crippen LogP contribution is -2.47. The van der Waals surface area contributed by atoms with E-state index in [0.29, 0.717) is 26.3 Å². The summed E-state index contributed by atoms with van der Waals surface area (Å²) in [5.74, 6) is -0.323. The lowest BCUT2D eigenvalue weighted by Gasteiger charge is -2.31. The van der Waals surface area contributed by atoms with Crippen LogP contribution in [0.4, 0.5) is 18.9 Å². The molecule has 1 aliphatic rings. The summed E-state index contributed by atoms with van der Waals surface area (Å²) in [6.45, 7) is 4.12. The Balaban J connectivity index is 2.02. The van der Waals surface area contributed by atoms with E-state index in [1.54, 1.807) is 6.92 Å². The van der Waals surface area contributed by atoms with E-state index in [-0.39, 0.29) is 11.6 Å². The van der Waals surface area contributed by atoms with Crippen LogP contribution in [0.1, 0.15) is 12.5 Å². The Morgan fingerprint density at radius 2 is 2.00 bits per heavy atom. The fourth-order valence-corrected chi connectivity index (χ4v) is 2.15. The summed E-state index contributed by atoms with van der Waals surface area (Å²) in [5.41, 5.74) is -0.630. The summed E-state index contributed by atoms with van der Waals surface area (Å²) in [4.78, 5) is 14.0. The number of nitrogens with one attached hydrogen (secondary N) is 1. The van der Waals surface area contributed by atoms with Crippen molar-refractivity contribution in [3.05, 3.63) is 29.8 Å². The molecule has 1 saturated heterocycles. The van der Waals surface area contributed by atoms with E-state index in [0.717, 1.165) is 12.1 Å². The number of hydrogen-bond acceptors (Lipinski definition) is 3. The van der Waals surface area contributed by atoms with Gasteiger partial charge in [-0.1, -0.05) is 6.07 Å². The van der Waals surface area contributed by atoms with Gasteiger partial charge in [-0.2, -0.15) is 13.2 Å². The quantitative estimate of drug-likeness (QED) is 0.932. The standard InChI is InChI=1S/C14H17F3N2O2/c1-10(19-5-7-21-8-6-19)13(20)18-12-4-2-3-11(9-12)14(15,16)17/h2-4,9-10H,5-8H2,1H3,(H,18,20)/t10-/m0/s1. The Morgan fingerprint density at radius 3 is 2.62 bits per heavy atom. The minimum atomic E-state index is -4.42. The molecule has 1 amide bonds. The SMILES string of the molecule is C[C@@H](C(=O)Nc1cccc(C(F)(F)F)c1)N1CCOCC1. The summed E-state index contributed by atoms with van der Waals surface area (Å²) in [7, 11) is 0. The number of anilines is 1. The van der Waals surface area contributed by atoms with Gasteiger partial charge in [0.25, 0.3) is 0 Å². The van der Waals surface area contributed by atoms with Crippen LogP contribution in [-0.4, -0.2) is 43.2 Å². The van der Waals surface area contributed by atoms with Gasteiger partial charge in [0, 0.05) is 18.8 Å². The minimum Gasteiger partial charge on any atom is -0.379 e. The van der Waals surface area contributed by atoms with Gasteiger partial charge < -0.3 is 10.1 Å². The molecule has 0 saturated carbocycles. The predicted molar refractivity (Wildman–Crippen MR) is 71.9 cm³/mol. The first kappa shape index (κ1) is 15.8. The van der Waals surface area contributed by atoms with Crippen LogP contribution in [0.15, 0.2) is 24.3 Å². The Hall–Kier alpha value is -1.60. The lowest BCUT2D eigenvalue weighted by atomic mass is 10.2. The van der Waals surface area contributed by atoms with Crippen LogP contribution in [0.3, 0.4) is 0 Å². The second kappa shape index (κ2) is 6.44. The van der Waals surface area contributed by atoms with Crippen molar-refractivity contribution in [1.82, 2.24) is 4.90 Å². The van der Waals surface area contributed by atoms with Gasteiger partial charge in [-0.3, -0.25) is 9.69 Å². The number of carbonyl (C=O) groups excluding carboxylic acids is 1. The Labute approximate surface area is 120 Å². The van der Waals surface area contributed by atoms with Crippen molar-refractivity contribution in [1.29, 1.82) is 0 Å². The van der Waals surface area contributed by atoms with Crippen molar-refractivity contribution in [3.63, 3.8) is 0 Å². The Morgan fingerprint density at radius 1 is 1.33 bits per heavy atom. The molecule has 1 atom stereocenters. The van der Waals surface area contributed by atoms with Crippen molar-refractivity contribution in [2.45, 2.75) is 19.1 Å². The number of ether oxygens (including phenoxy) is 1. The van der Waals surface area contributed by atoms with Gasteiger partial charge in [-0.15, -0.1) is 0 Å². The van der Waals surface area contributed by atoms with E-state index in [9.17, 15) is 18.0 Å². The second-order valence-corrected chi connectivity index (χ2v) is 4.89. The first-order valence-electron chi connectivity index (χ1n) is 6.68. The van der Waals surface area contributed by atoms with E-state index in [1.807, 2.05) is 4.90 Å². The summed E-state index contributed by atoms with van der Waals surface area (Å²) >= 11 is 0. The smallest absolute Gasteiger partial charge is 0.379 e.